The quantitative estimate of drug-likeness (QED) is 0.807. The Morgan fingerprint density at radius 3 is 2.70 bits per heavy atom. The maximum absolute atomic E-state index is 12.0. The van der Waals surface area contributed by atoms with Gasteiger partial charge in [0.2, 0.25) is 0 Å². The van der Waals surface area contributed by atoms with Crippen LogP contribution in [0.2, 0.25) is 0 Å². The van der Waals surface area contributed by atoms with E-state index < -0.39 is 36.9 Å². The first kappa shape index (κ1) is 16.7. The van der Waals surface area contributed by atoms with E-state index in [9.17, 15) is 22.8 Å². The van der Waals surface area contributed by atoms with Crippen molar-refractivity contribution in [3.63, 3.8) is 0 Å². The Kier molecular flexibility index (Phi) is 5.75. The minimum Gasteiger partial charge on any atom is -0.481 e. The largest absolute Gasteiger partial charge is 0.481 e. The second-order valence-corrected chi connectivity index (χ2v) is 4.44. The molecular formula is C11H16F3NO5. The van der Waals surface area contributed by atoms with Gasteiger partial charge in [-0.1, -0.05) is 0 Å². The minimum atomic E-state index is -4.49. The summed E-state index contributed by atoms with van der Waals surface area (Å²) in [4.78, 5) is 23.7. The van der Waals surface area contributed by atoms with E-state index in [1.165, 1.54) is 11.8 Å². The van der Waals surface area contributed by atoms with Crippen LogP contribution in [0.3, 0.4) is 0 Å². The molecule has 1 aliphatic rings. The van der Waals surface area contributed by atoms with E-state index in [4.69, 9.17) is 9.84 Å². The van der Waals surface area contributed by atoms with Crippen LogP contribution in [-0.2, 0) is 19.1 Å². The number of ether oxygens (including phenoxy) is 2. The van der Waals surface area contributed by atoms with E-state index in [0.29, 0.717) is 0 Å². The van der Waals surface area contributed by atoms with Crippen molar-refractivity contribution in [2.75, 3.05) is 26.3 Å². The average molecular weight is 299 g/mol. The summed E-state index contributed by atoms with van der Waals surface area (Å²) in [6.45, 7) is 0.119. The van der Waals surface area contributed by atoms with Crippen molar-refractivity contribution >= 4 is 11.9 Å². The Morgan fingerprint density at radius 1 is 1.50 bits per heavy atom. The summed E-state index contributed by atoms with van der Waals surface area (Å²) in [5.41, 5.74) is 0. The highest BCUT2D eigenvalue weighted by Crippen LogP contribution is 2.17. The number of rotatable bonds is 5. The normalized spacial score (nSPS) is 21.6. The predicted octanol–water partition coefficient (Wildman–Crippen LogP) is 0.656. The first-order chi connectivity index (χ1) is 9.19. The topological polar surface area (TPSA) is 76.1 Å². The summed E-state index contributed by atoms with van der Waals surface area (Å²) in [6.07, 6.45) is -6.65. The fraction of sp³-hybridized carbons (Fsp3) is 0.818. The van der Waals surface area contributed by atoms with Crippen LogP contribution in [0.25, 0.3) is 0 Å². The summed E-state index contributed by atoms with van der Waals surface area (Å²) in [6, 6.07) is 0. The van der Waals surface area contributed by atoms with E-state index in [1.54, 1.807) is 0 Å². The first-order valence-electron chi connectivity index (χ1n) is 5.99. The van der Waals surface area contributed by atoms with Gasteiger partial charge < -0.3 is 19.5 Å². The number of alkyl halides is 3. The van der Waals surface area contributed by atoms with Gasteiger partial charge in [0.25, 0.3) is 5.91 Å². The number of carboxylic acid groups (broad SMARTS) is 1. The van der Waals surface area contributed by atoms with Crippen LogP contribution in [0.15, 0.2) is 0 Å². The molecule has 0 aromatic heterocycles. The fourth-order valence-corrected chi connectivity index (χ4v) is 1.79. The lowest BCUT2D eigenvalue weighted by Crippen LogP contribution is -2.50. The Bertz CT molecular complexity index is 360. The van der Waals surface area contributed by atoms with Gasteiger partial charge in [-0.2, -0.15) is 13.2 Å². The summed E-state index contributed by atoms with van der Waals surface area (Å²) in [7, 11) is 0. The number of aliphatic carboxylic acids is 1. The maximum Gasteiger partial charge on any atom is 0.411 e. The highest BCUT2D eigenvalue weighted by molar-refractivity contribution is 5.80. The molecule has 9 heteroatoms. The number of carboxylic acids is 1. The molecule has 0 aromatic carbocycles. The highest BCUT2D eigenvalue weighted by atomic mass is 19.4. The zero-order valence-electron chi connectivity index (χ0n) is 10.9. The van der Waals surface area contributed by atoms with Gasteiger partial charge in [-0.3, -0.25) is 9.59 Å². The van der Waals surface area contributed by atoms with Crippen LogP contribution >= 0.6 is 0 Å². The molecule has 0 radical (unpaired) electrons. The second kappa shape index (κ2) is 6.89. The van der Waals surface area contributed by atoms with E-state index in [1.807, 2.05) is 0 Å². The molecule has 1 heterocycles. The molecule has 1 N–H and O–H groups in total. The lowest BCUT2D eigenvalue weighted by molar-refractivity contribution is -0.190. The van der Waals surface area contributed by atoms with Crippen molar-refractivity contribution in [3.05, 3.63) is 0 Å². The van der Waals surface area contributed by atoms with Crippen molar-refractivity contribution in [2.45, 2.75) is 31.7 Å². The molecule has 0 spiro atoms. The SMILES string of the molecule is C[C@H](OCC(F)(F)F)C(=O)N1CCO[C@@H](CC(=O)O)C1. The van der Waals surface area contributed by atoms with Crippen LogP contribution in [0.5, 0.6) is 0 Å². The summed E-state index contributed by atoms with van der Waals surface area (Å²) < 4.78 is 45.6. The number of morpholine rings is 1. The number of hydrogen-bond donors (Lipinski definition) is 1. The molecule has 0 unspecified atom stereocenters. The zero-order valence-corrected chi connectivity index (χ0v) is 10.9. The first-order valence-corrected chi connectivity index (χ1v) is 5.99. The highest BCUT2D eigenvalue weighted by Gasteiger charge is 2.33. The Balaban J connectivity index is 2.47. The number of carbonyl (C=O) groups is 2. The Labute approximate surface area is 113 Å². The average Bonchev–Trinajstić information content (AvgIpc) is 2.33. The standard InChI is InChI=1S/C11H16F3NO5/c1-7(20-6-11(12,13)14)10(18)15-2-3-19-8(5-15)4-9(16)17/h7-8H,2-6H2,1H3,(H,16,17)/t7-,8-/m0/s1. The van der Waals surface area contributed by atoms with Crippen molar-refractivity contribution < 1.29 is 37.3 Å². The minimum absolute atomic E-state index is 0.0326. The van der Waals surface area contributed by atoms with Gasteiger partial charge in [0.05, 0.1) is 19.1 Å². The van der Waals surface area contributed by atoms with Gasteiger partial charge in [0.1, 0.15) is 12.7 Å². The zero-order chi connectivity index (χ0) is 15.3. The monoisotopic (exact) mass is 299 g/mol. The van der Waals surface area contributed by atoms with Crippen molar-refractivity contribution in [2.24, 2.45) is 0 Å². The van der Waals surface area contributed by atoms with Crippen molar-refractivity contribution in [1.82, 2.24) is 4.90 Å². The third kappa shape index (κ3) is 5.74. The number of amides is 1. The van der Waals surface area contributed by atoms with Crippen molar-refractivity contribution in [1.29, 1.82) is 0 Å². The summed E-state index contributed by atoms with van der Waals surface area (Å²) in [5, 5.41) is 8.64. The van der Waals surface area contributed by atoms with Crippen LogP contribution in [-0.4, -0.2) is 66.6 Å². The van der Waals surface area contributed by atoms with E-state index in [0.717, 1.165) is 0 Å². The Morgan fingerprint density at radius 2 is 2.15 bits per heavy atom. The van der Waals surface area contributed by atoms with Gasteiger partial charge in [0, 0.05) is 13.1 Å². The van der Waals surface area contributed by atoms with Crippen LogP contribution < -0.4 is 0 Å². The molecule has 1 aliphatic heterocycles. The third-order valence-electron chi connectivity index (χ3n) is 2.70. The van der Waals surface area contributed by atoms with E-state index in [2.05, 4.69) is 4.74 Å². The molecular weight excluding hydrogens is 283 g/mol. The lowest BCUT2D eigenvalue weighted by Gasteiger charge is -2.33. The summed E-state index contributed by atoms with van der Waals surface area (Å²) in [5.74, 6) is -1.67. The Hall–Kier alpha value is -1.35. The number of nitrogens with zero attached hydrogens (tertiary/aromatic N) is 1. The van der Waals surface area contributed by atoms with Crippen LogP contribution in [0.1, 0.15) is 13.3 Å². The van der Waals surface area contributed by atoms with Crippen LogP contribution in [0, 0.1) is 0 Å². The fourth-order valence-electron chi connectivity index (χ4n) is 1.79. The molecule has 1 fully saturated rings. The molecule has 0 bridgehead atoms. The molecule has 1 saturated heterocycles. The lowest BCUT2D eigenvalue weighted by atomic mass is 10.2. The van der Waals surface area contributed by atoms with Gasteiger partial charge in [0.15, 0.2) is 0 Å². The number of halogens is 3. The van der Waals surface area contributed by atoms with E-state index >= 15 is 0 Å². The van der Waals surface area contributed by atoms with Gasteiger partial charge >= 0.3 is 12.1 Å². The maximum atomic E-state index is 12.0. The molecule has 1 rings (SSSR count). The van der Waals surface area contributed by atoms with Crippen LogP contribution in [0.4, 0.5) is 13.2 Å². The van der Waals surface area contributed by atoms with Gasteiger partial charge in [-0.25, -0.2) is 0 Å². The second-order valence-electron chi connectivity index (χ2n) is 4.44. The molecule has 116 valence electrons. The molecule has 0 aromatic rings. The number of hydrogen-bond acceptors (Lipinski definition) is 4. The molecule has 0 saturated carbocycles. The molecule has 20 heavy (non-hydrogen) atoms. The molecule has 6 nitrogen and oxygen atoms in total. The molecule has 1 amide bonds. The predicted molar refractivity (Wildman–Crippen MR) is 60.0 cm³/mol. The molecule has 2 atom stereocenters. The smallest absolute Gasteiger partial charge is 0.411 e. The third-order valence-corrected chi connectivity index (χ3v) is 2.70. The number of carbonyl (C=O) groups excluding carboxylic acids is 1. The van der Waals surface area contributed by atoms with E-state index in [-0.39, 0.29) is 26.1 Å². The van der Waals surface area contributed by atoms with Gasteiger partial charge in [-0.15, -0.1) is 0 Å². The molecule has 0 aliphatic carbocycles. The summed E-state index contributed by atoms with van der Waals surface area (Å²) >= 11 is 0. The van der Waals surface area contributed by atoms with Crippen molar-refractivity contribution in [3.8, 4) is 0 Å². The van der Waals surface area contributed by atoms with Gasteiger partial charge in [-0.05, 0) is 6.92 Å².